The Morgan fingerprint density at radius 3 is 2.71 bits per heavy atom. The summed E-state index contributed by atoms with van der Waals surface area (Å²) >= 11 is 0. The largest absolute Gasteiger partial charge is 0.355 e. The normalized spacial score (nSPS) is 9.43. The van der Waals surface area contributed by atoms with Gasteiger partial charge in [-0.2, -0.15) is 0 Å². The molecule has 4 nitrogen and oxygen atoms in total. The molecule has 0 unspecified atom stereocenters. The number of benzene rings is 1. The van der Waals surface area contributed by atoms with Crippen LogP contribution >= 0.6 is 0 Å². The fourth-order valence-electron chi connectivity index (χ4n) is 1.68. The van der Waals surface area contributed by atoms with Crippen molar-refractivity contribution in [3.8, 4) is 11.8 Å². The molecule has 0 aliphatic rings. The maximum atomic E-state index is 11.5. The summed E-state index contributed by atoms with van der Waals surface area (Å²) < 4.78 is 0. The van der Waals surface area contributed by atoms with Crippen LogP contribution in [-0.2, 0) is 9.59 Å². The molecule has 21 heavy (non-hydrogen) atoms. The zero-order valence-corrected chi connectivity index (χ0v) is 12.4. The van der Waals surface area contributed by atoms with Gasteiger partial charge in [0.25, 0.3) is 0 Å². The lowest BCUT2D eigenvalue weighted by Gasteiger charge is -2.04. The summed E-state index contributed by atoms with van der Waals surface area (Å²) in [4.78, 5) is 22.1. The predicted octanol–water partition coefficient (Wildman–Crippen LogP) is 1.64. The van der Waals surface area contributed by atoms with Crippen LogP contribution in [0.4, 0.5) is 0 Å². The highest BCUT2D eigenvalue weighted by molar-refractivity contribution is 5.76. The van der Waals surface area contributed by atoms with Gasteiger partial charge in [-0.3, -0.25) is 9.59 Å². The SMILES string of the molecule is [CH2]c1cccc(C#CCCCC(=O)NCCNC(C)=O)c1. The maximum absolute atomic E-state index is 11.5. The van der Waals surface area contributed by atoms with E-state index in [-0.39, 0.29) is 11.8 Å². The van der Waals surface area contributed by atoms with Crippen molar-refractivity contribution in [1.82, 2.24) is 10.6 Å². The molecule has 0 saturated heterocycles. The average Bonchev–Trinajstić information content (AvgIpc) is 2.43. The molecule has 0 saturated carbocycles. The van der Waals surface area contributed by atoms with E-state index in [0.29, 0.717) is 25.9 Å². The molecule has 1 rings (SSSR count). The van der Waals surface area contributed by atoms with Crippen LogP contribution in [0.2, 0.25) is 0 Å². The highest BCUT2D eigenvalue weighted by Gasteiger charge is 1.99. The number of amides is 2. The Labute approximate surface area is 126 Å². The van der Waals surface area contributed by atoms with E-state index in [1.165, 1.54) is 6.92 Å². The van der Waals surface area contributed by atoms with E-state index >= 15 is 0 Å². The summed E-state index contributed by atoms with van der Waals surface area (Å²) in [7, 11) is 0. The van der Waals surface area contributed by atoms with Crippen molar-refractivity contribution >= 4 is 11.8 Å². The first-order valence-electron chi connectivity index (χ1n) is 7.00. The lowest BCUT2D eigenvalue weighted by Crippen LogP contribution is -2.33. The third kappa shape index (κ3) is 8.48. The lowest BCUT2D eigenvalue weighted by atomic mass is 10.1. The second-order valence-electron chi connectivity index (χ2n) is 4.69. The van der Waals surface area contributed by atoms with Gasteiger partial charge in [0.1, 0.15) is 0 Å². The fourth-order valence-corrected chi connectivity index (χ4v) is 1.68. The van der Waals surface area contributed by atoms with Gasteiger partial charge >= 0.3 is 0 Å². The van der Waals surface area contributed by atoms with E-state index in [9.17, 15) is 9.59 Å². The Kier molecular flexibility index (Phi) is 7.67. The summed E-state index contributed by atoms with van der Waals surface area (Å²) in [6.45, 7) is 6.22. The van der Waals surface area contributed by atoms with E-state index in [0.717, 1.165) is 17.5 Å². The number of carbonyl (C=O) groups excluding carboxylic acids is 2. The van der Waals surface area contributed by atoms with Gasteiger partial charge in [0.2, 0.25) is 11.8 Å². The van der Waals surface area contributed by atoms with Crippen LogP contribution in [0, 0.1) is 18.8 Å². The third-order valence-corrected chi connectivity index (χ3v) is 2.69. The molecule has 0 fully saturated rings. The van der Waals surface area contributed by atoms with E-state index in [2.05, 4.69) is 29.4 Å². The van der Waals surface area contributed by atoms with E-state index < -0.39 is 0 Å². The van der Waals surface area contributed by atoms with Crippen LogP contribution in [0.15, 0.2) is 24.3 Å². The van der Waals surface area contributed by atoms with Gasteiger partial charge in [-0.05, 0) is 31.0 Å². The minimum absolute atomic E-state index is 0.0121. The summed E-state index contributed by atoms with van der Waals surface area (Å²) in [6, 6.07) is 7.73. The van der Waals surface area contributed by atoms with Gasteiger partial charge in [0, 0.05) is 38.4 Å². The summed E-state index contributed by atoms with van der Waals surface area (Å²) in [6.07, 6.45) is 1.85. The van der Waals surface area contributed by atoms with E-state index in [1.807, 2.05) is 24.3 Å². The molecular weight excluding hydrogens is 264 g/mol. The van der Waals surface area contributed by atoms with Gasteiger partial charge in [0.15, 0.2) is 0 Å². The highest BCUT2D eigenvalue weighted by Crippen LogP contribution is 2.02. The van der Waals surface area contributed by atoms with Crippen LogP contribution in [0.1, 0.15) is 37.3 Å². The molecule has 1 aromatic rings. The zero-order valence-electron chi connectivity index (χ0n) is 12.4. The van der Waals surface area contributed by atoms with Crippen LogP contribution < -0.4 is 10.6 Å². The molecule has 2 amide bonds. The summed E-state index contributed by atoms with van der Waals surface area (Å²) in [5.74, 6) is 6.00. The van der Waals surface area contributed by atoms with Crippen LogP contribution in [0.25, 0.3) is 0 Å². The Bertz CT molecular complexity index is 541. The molecular formula is C17H21N2O2. The van der Waals surface area contributed by atoms with Crippen molar-refractivity contribution in [3.63, 3.8) is 0 Å². The van der Waals surface area contributed by atoms with E-state index in [1.54, 1.807) is 0 Å². The molecule has 2 N–H and O–H groups in total. The molecule has 0 heterocycles. The molecule has 0 aliphatic heterocycles. The van der Waals surface area contributed by atoms with Gasteiger partial charge in [-0.1, -0.05) is 24.0 Å². The smallest absolute Gasteiger partial charge is 0.220 e. The van der Waals surface area contributed by atoms with Gasteiger partial charge in [-0.25, -0.2) is 0 Å². The minimum atomic E-state index is -0.0918. The molecule has 0 spiro atoms. The monoisotopic (exact) mass is 285 g/mol. The molecule has 4 heteroatoms. The second kappa shape index (κ2) is 9.60. The Morgan fingerprint density at radius 1 is 1.24 bits per heavy atom. The van der Waals surface area contributed by atoms with Crippen molar-refractivity contribution in [2.24, 2.45) is 0 Å². The van der Waals surface area contributed by atoms with Crippen molar-refractivity contribution < 1.29 is 9.59 Å². The van der Waals surface area contributed by atoms with Crippen molar-refractivity contribution in [2.75, 3.05) is 13.1 Å². The van der Waals surface area contributed by atoms with Crippen molar-refractivity contribution in [3.05, 3.63) is 42.3 Å². The average molecular weight is 285 g/mol. The first-order chi connectivity index (χ1) is 10.1. The highest BCUT2D eigenvalue weighted by atomic mass is 16.2. The van der Waals surface area contributed by atoms with Gasteiger partial charge in [-0.15, -0.1) is 0 Å². The van der Waals surface area contributed by atoms with Crippen molar-refractivity contribution in [2.45, 2.75) is 26.2 Å². The van der Waals surface area contributed by atoms with E-state index in [4.69, 9.17) is 0 Å². The standard InChI is InChI=1S/C17H21N2O2/c1-14-7-6-9-16(13-14)8-4-3-5-10-17(21)19-12-11-18-15(2)20/h6-7,9,13H,1,3,5,10-12H2,2H3,(H,18,20)(H,19,21). The molecule has 0 aliphatic carbocycles. The topological polar surface area (TPSA) is 58.2 Å². The Hall–Kier alpha value is -2.28. The Morgan fingerprint density at radius 2 is 2.00 bits per heavy atom. The van der Waals surface area contributed by atoms with Crippen LogP contribution in [0.5, 0.6) is 0 Å². The third-order valence-electron chi connectivity index (χ3n) is 2.69. The number of hydrogen-bond acceptors (Lipinski definition) is 2. The number of hydrogen-bond donors (Lipinski definition) is 2. The molecule has 0 atom stereocenters. The first-order valence-corrected chi connectivity index (χ1v) is 7.00. The minimum Gasteiger partial charge on any atom is -0.355 e. The van der Waals surface area contributed by atoms with Crippen LogP contribution in [-0.4, -0.2) is 24.9 Å². The predicted molar refractivity (Wildman–Crippen MR) is 83.3 cm³/mol. The molecule has 1 radical (unpaired) electrons. The fraction of sp³-hybridized carbons (Fsp3) is 0.353. The number of unbranched alkanes of at least 4 members (excludes halogenated alkanes) is 1. The number of nitrogens with one attached hydrogen (secondary N) is 2. The summed E-state index contributed by atoms with van der Waals surface area (Å²) in [5, 5.41) is 5.36. The second-order valence-corrected chi connectivity index (χ2v) is 4.69. The maximum Gasteiger partial charge on any atom is 0.220 e. The lowest BCUT2D eigenvalue weighted by molar-refractivity contribution is -0.122. The quantitative estimate of drug-likeness (QED) is 0.616. The number of carbonyl (C=O) groups is 2. The molecule has 111 valence electrons. The zero-order chi connectivity index (χ0) is 15.5. The Balaban J connectivity index is 2.14. The van der Waals surface area contributed by atoms with Crippen LogP contribution in [0.3, 0.4) is 0 Å². The number of rotatable bonds is 6. The van der Waals surface area contributed by atoms with Gasteiger partial charge < -0.3 is 10.6 Å². The van der Waals surface area contributed by atoms with Crippen molar-refractivity contribution in [1.29, 1.82) is 0 Å². The van der Waals surface area contributed by atoms with Gasteiger partial charge in [0.05, 0.1) is 0 Å². The first kappa shape index (κ1) is 16.8. The summed E-state index contributed by atoms with van der Waals surface area (Å²) in [5.41, 5.74) is 1.89. The molecule has 0 aromatic heterocycles. The molecule has 0 bridgehead atoms. The molecule has 1 aromatic carbocycles.